The van der Waals surface area contributed by atoms with Crippen molar-refractivity contribution in [1.29, 1.82) is 0 Å². The number of hydrogen-bond acceptors (Lipinski definition) is 5. The summed E-state index contributed by atoms with van der Waals surface area (Å²) in [6.45, 7) is 3.70. The second kappa shape index (κ2) is 6.58. The Bertz CT molecular complexity index is 474. The highest BCUT2D eigenvalue weighted by molar-refractivity contribution is 5.80. The fraction of sp³-hybridized carbons (Fsp3) is 0.417. The molecule has 0 radical (unpaired) electrons. The number of carbonyl (C=O) groups is 1. The van der Waals surface area contributed by atoms with E-state index in [1.165, 1.54) is 19.2 Å². The van der Waals surface area contributed by atoms with Gasteiger partial charge in [0, 0.05) is 24.9 Å². The molecule has 0 unspecified atom stereocenters. The number of nitrogens with one attached hydrogen (secondary N) is 2. The molecule has 2 N–H and O–H groups in total. The number of rotatable bonds is 6. The minimum Gasteiger partial charge on any atom is -0.491 e. The quantitative estimate of drug-likeness (QED) is 0.602. The van der Waals surface area contributed by atoms with Crippen LogP contribution in [0.25, 0.3) is 0 Å². The van der Waals surface area contributed by atoms with Crippen molar-refractivity contribution in [2.45, 2.75) is 20.0 Å². The number of nitrogens with zero attached hydrogens (tertiary/aromatic N) is 1. The third-order valence-electron chi connectivity index (χ3n) is 2.21. The number of ether oxygens (including phenoxy) is 1. The van der Waals surface area contributed by atoms with Gasteiger partial charge in [0.05, 0.1) is 23.6 Å². The van der Waals surface area contributed by atoms with Gasteiger partial charge in [0.25, 0.3) is 5.69 Å². The zero-order valence-corrected chi connectivity index (χ0v) is 11.1. The van der Waals surface area contributed by atoms with Crippen LogP contribution in [0.4, 0.5) is 11.4 Å². The molecule has 7 nitrogen and oxygen atoms in total. The lowest BCUT2D eigenvalue weighted by atomic mass is 10.2. The molecule has 1 aromatic carbocycles. The summed E-state index contributed by atoms with van der Waals surface area (Å²) >= 11 is 0. The molecule has 7 heteroatoms. The Morgan fingerprint density at radius 2 is 2.11 bits per heavy atom. The lowest BCUT2D eigenvalue weighted by Crippen LogP contribution is -2.26. The lowest BCUT2D eigenvalue weighted by molar-refractivity contribution is -0.384. The highest BCUT2D eigenvalue weighted by Gasteiger charge is 2.12. The molecule has 0 aromatic heterocycles. The number of nitro benzene ring substituents is 1. The van der Waals surface area contributed by atoms with Crippen molar-refractivity contribution >= 4 is 17.3 Å². The van der Waals surface area contributed by atoms with Crippen LogP contribution in [-0.4, -0.2) is 30.5 Å². The summed E-state index contributed by atoms with van der Waals surface area (Å²) in [5.41, 5.74) is 0.381. The first kappa shape index (κ1) is 14.7. The Balaban J connectivity index is 2.92. The summed E-state index contributed by atoms with van der Waals surface area (Å²) in [7, 11) is 1.52. The van der Waals surface area contributed by atoms with Gasteiger partial charge in [-0.05, 0) is 13.8 Å². The zero-order chi connectivity index (χ0) is 14.4. The predicted molar refractivity (Wildman–Crippen MR) is 71.4 cm³/mol. The van der Waals surface area contributed by atoms with Crippen molar-refractivity contribution < 1.29 is 14.5 Å². The van der Waals surface area contributed by atoms with Gasteiger partial charge < -0.3 is 15.4 Å². The molecule has 1 aromatic rings. The van der Waals surface area contributed by atoms with Gasteiger partial charge >= 0.3 is 0 Å². The van der Waals surface area contributed by atoms with Gasteiger partial charge in [0.2, 0.25) is 5.91 Å². The number of anilines is 1. The number of amides is 1. The smallest absolute Gasteiger partial charge is 0.275 e. The van der Waals surface area contributed by atoms with Crippen LogP contribution in [0.5, 0.6) is 5.75 Å². The Hall–Kier alpha value is -2.31. The van der Waals surface area contributed by atoms with E-state index in [9.17, 15) is 14.9 Å². The Kier molecular flexibility index (Phi) is 5.11. The van der Waals surface area contributed by atoms with E-state index in [0.717, 1.165) is 0 Å². The second-order valence-electron chi connectivity index (χ2n) is 4.17. The first-order valence-electron chi connectivity index (χ1n) is 5.83. The molecule has 0 bridgehead atoms. The van der Waals surface area contributed by atoms with E-state index in [4.69, 9.17) is 4.74 Å². The average molecular weight is 267 g/mol. The van der Waals surface area contributed by atoms with Crippen LogP contribution in [0.3, 0.4) is 0 Å². The van der Waals surface area contributed by atoms with Gasteiger partial charge in [0.1, 0.15) is 5.75 Å². The van der Waals surface area contributed by atoms with E-state index < -0.39 is 4.92 Å². The number of nitro groups is 1. The molecule has 0 fully saturated rings. The third-order valence-corrected chi connectivity index (χ3v) is 2.21. The fourth-order valence-electron chi connectivity index (χ4n) is 1.40. The third kappa shape index (κ3) is 4.82. The van der Waals surface area contributed by atoms with E-state index in [0.29, 0.717) is 11.4 Å². The number of likely N-dealkylation sites (N-methyl/N-ethyl adjacent to an activating group) is 1. The van der Waals surface area contributed by atoms with Crippen molar-refractivity contribution in [1.82, 2.24) is 5.32 Å². The molecule has 0 aliphatic heterocycles. The Morgan fingerprint density at radius 3 is 2.63 bits per heavy atom. The normalized spacial score (nSPS) is 10.1. The van der Waals surface area contributed by atoms with Crippen LogP contribution in [0.15, 0.2) is 18.2 Å². The van der Waals surface area contributed by atoms with Crippen molar-refractivity contribution in [3.8, 4) is 5.75 Å². The molecular formula is C12H17N3O4. The first-order chi connectivity index (χ1) is 8.92. The molecule has 0 heterocycles. The van der Waals surface area contributed by atoms with E-state index in [-0.39, 0.29) is 24.2 Å². The van der Waals surface area contributed by atoms with Gasteiger partial charge in [-0.3, -0.25) is 14.9 Å². The maximum absolute atomic E-state index is 11.1. The Morgan fingerprint density at radius 1 is 1.42 bits per heavy atom. The van der Waals surface area contributed by atoms with Crippen molar-refractivity contribution in [3.63, 3.8) is 0 Å². The SMILES string of the molecule is CNC(=O)CNc1cc(OC(C)C)cc([N+](=O)[O-])c1. The minimum absolute atomic E-state index is 0.0405. The summed E-state index contributed by atoms with van der Waals surface area (Å²) < 4.78 is 5.43. The largest absolute Gasteiger partial charge is 0.491 e. The zero-order valence-electron chi connectivity index (χ0n) is 11.1. The van der Waals surface area contributed by atoms with Crippen molar-refractivity contribution in [2.24, 2.45) is 0 Å². The fourth-order valence-corrected chi connectivity index (χ4v) is 1.40. The summed E-state index contributed by atoms with van der Waals surface area (Å²) in [4.78, 5) is 21.5. The molecular weight excluding hydrogens is 250 g/mol. The molecule has 104 valence electrons. The predicted octanol–water partition coefficient (Wildman–Crippen LogP) is 1.54. The van der Waals surface area contributed by atoms with Crippen LogP contribution in [0, 0.1) is 10.1 Å². The number of hydrogen-bond donors (Lipinski definition) is 2. The monoisotopic (exact) mass is 267 g/mol. The number of non-ortho nitro benzene ring substituents is 1. The van der Waals surface area contributed by atoms with E-state index in [1.54, 1.807) is 6.07 Å². The average Bonchev–Trinajstić information content (AvgIpc) is 2.34. The molecule has 1 rings (SSSR count). The molecule has 0 aliphatic carbocycles. The molecule has 1 amide bonds. The van der Waals surface area contributed by atoms with Crippen molar-refractivity contribution in [3.05, 3.63) is 28.3 Å². The standard InChI is InChI=1S/C12H17N3O4/c1-8(2)19-11-5-9(14-7-12(16)13-3)4-10(6-11)15(17)18/h4-6,8,14H,7H2,1-3H3,(H,13,16). The van der Waals surface area contributed by atoms with E-state index in [2.05, 4.69) is 10.6 Å². The topological polar surface area (TPSA) is 93.5 Å². The lowest BCUT2D eigenvalue weighted by Gasteiger charge is -2.12. The van der Waals surface area contributed by atoms with Gasteiger partial charge in [-0.15, -0.1) is 0 Å². The minimum atomic E-state index is -0.502. The van der Waals surface area contributed by atoms with Crippen LogP contribution < -0.4 is 15.4 Å². The molecule has 0 saturated carbocycles. The first-order valence-corrected chi connectivity index (χ1v) is 5.83. The molecule has 0 saturated heterocycles. The number of carbonyl (C=O) groups excluding carboxylic acids is 1. The van der Waals surface area contributed by atoms with Gasteiger partial charge in [0.15, 0.2) is 0 Å². The summed E-state index contributed by atoms with van der Waals surface area (Å²) in [6.07, 6.45) is -0.0891. The Labute approximate surface area is 111 Å². The molecule has 19 heavy (non-hydrogen) atoms. The van der Waals surface area contributed by atoms with Crippen LogP contribution in [0.2, 0.25) is 0 Å². The molecule has 0 spiro atoms. The van der Waals surface area contributed by atoms with Gasteiger partial charge in [-0.1, -0.05) is 0 Å². The van der Waals surface area contributed by atoms with E-state index in [1.807, 2.05) is 13.8 Å². The van der Waals surface area contributed by atoms with Crippen molar-refractivity contribution in [2.75, 3.05) is 18.9 Å². The van der Waals surface area contributed by atoms with E-state index >= 15 is 0 Å². The van der Waals surface area contributed by atoms with Gasteiger partial charge in [-0.2, -0.15) is 0 Å². The highest BCUT2D eigenvalue weighted by Crippen LogP contribution is 2.26. The van der Waals surface area contributed by atoms with Crippen LogP contribution >= 0.6 is 0 Å². The maximum atomic E-state index is 11.1. The highest BCUT2D eigenvalue weighted by atomic mass is 16.6. The van der Waals surface area contributed by atoms with Crippen LogP contribution in [-0.2, 0) is 4.79 Å². The van der Waals surface area contributed by atoms with Gasteiger partial charge in [-0.25, -0.2) is 0 Å². The van der Waals surface area contributed by atoms with Crippen LogP contribution in [0.1, 0.15) is 13.8 Å². The number of benzene rings is 1. The molecule has 0 atom stereocenters. The summed E-state index contributed by atoms with van der Waals surface area (Å²) in [5, 5.41) is 16.1. The molecule has 0 aliphatic rings. The summed E-state index contributed by atoms with van der Waals surface area (Å²) in [6, 6.07) is 4.33. The summed E-state index contributed by atoms with van der Waals surface area (Å²) in [5.74, 6) is 0.182. The second-order valence-corrected chi connectivity index (χ2v) is 4.17. The maximum Gasteiger partial charge on any atom is 0.275 e.